The van der Waals surface area contributed by atoms with Crippen molar-refractivity contribution in [2.24, 2.45) is 0 Å². The molecule has 0 fully saturated rings. The predicted molar refractivity (Wildman–Crippen MR) is 186 cm³/mol. The second-order valence-corrected chi connectivity index (χ2v) is 13.5. The first kappa shape index (κ1) is 30.0. The van der Waals surface area contributed by atoms with Gasteiger partial charge in [0.1, 0.15) is 0 Å². The largest absolute Gasteiger partial charge is 0.367 e. The van der Waals surface area contributed by atoms with E-state index in [1.807, 2.05) is 0 Å². The van der Waals surface area contributed by atoms with E-state index in [-0.39, 0.29) is 16.9 Å². The Morgan fingerprint density at radius 2 is 1.41 bits per heavy atom. The molecular formula is C40H43ClN3+. The van der Waals surface area contributed by atoms with E-state index in [2.05, 4.69) is 178 Å². The van der Waals surface area contributed by atoms with Gasteiger partial charge in [-0.3, -0.25) is 0 Å². The molecule has 0 bridgehead atoms. The third kappa shape index (κ3) is 5.39. The topological polar surface area (TPSA) is 10.4 Å². The smallest absolute Gasteiger partial charge is 0.173 e. The molecule has 1 atom stereocenters. The molecule has 0 N–H and O–H groups in total. The zero-order valence-electron chi connectivity index (χ0n) is 26.8. The Kier molecular flexibility index (Phi) is 8.02. The zero-order valence-corrected chi connectivity index (χ0v) is 27.5. The molecule has 224 valence electrons. The lowest BCUT2D eigenvalue weighted by atomic mass is 9.80. The zero-order chi connectivity index (χ0) is 31.1. The Hall–Kier alpha value is -4.08. The molecule has 2 aliphatic rings. The van der Waals surface area contributed by atoms with Crippen LogP contribution < -0.4 is 14.4 Å². The van der Waals surface area contributed by atoms with Crippen LogP contribution in [-0.2, 0) is 23.3 Å². The number of para-hydroxylation sites is 2. The number of aromatic nitrogens is 1. The highest BCUT2D eigenvalue weighted by Crippen LogP contribution is 2.47. The average molecular weight is 601 g/mol. The van der Waals surface area contributed by atoms with Crippen molar-refractivity contribution in [3.63, 3.8) is 0 Å². The van der Waals surface area contributed by atoms with Crippen LogP contribution in [0.3, 0.4) is 0 Å². The monoisotopic (exact) mass is 600 g/mol. The van der Waals surface area contributed by atoms with Crippen LogP contribution in [0.4, 0.5) is 11.4 Å². The van der Waals surface area contributed by atoms with E-state index >= 15 is 0 Å². The van der Waals surface area contributed by atoms with Crippen molar-refractivity contribution < 1.29 is 4.57 Å². The van der Waals surface area contributed by atoms with E-state index in [9.17, 15) is 0 Å². The summed E-state index contributed by atoms with van der Waals surface area (Å²) >= 11 is 5.99. The van der Waals surface area contributed by atoms with Crippen LogP contribution in [0.1, 0.15) is 55.5 Å². The number of rotatable bonds is 7. The van der Waals surface area contributed by atoms with Gasteiger partial charge < -0.3 is 9.80 Å². The molecule has 3 nitrogen and oxygen atoms in total. The second-order valence-electron chi connectivity index (χ2n) is 13.2. The summed E-state index contributed by atoms with van der Waals surface area (Å²) in [4.78, 5) is 4.76. The summed E-state index contributed by atoms with van der Waals surface area (Å²) in [6, 6.07) is 30.8. The van der Waals surface area contributed by atoms with Gasteiger partial charge in [-0.05, 0) is 46.0 Å². The molecule has 6 rings (SSSR count). The van der Waals surface area contributed by atoms with Gasteiger partial charge >= 0.3 is 0 Å². The van der Waals surface area contributed by atoms with Gasteiger partial charge in [-0.15, -0.1) is 11.6 Å². The standard InChI is InChI=1S/C40H43ClN3/c1-39(2)33-11-7-9-13-35(33)42(5)37(39)21-19-31(20-22-38-40(3,4)34-12-8-10-14-36(34)43(38)6)32-23-25-44(26-24-32)28-30-17-15-29(27-41)16-18-30/h7-26,37H,27-28H2,1-6H3/q+1/b21-19+. The van der Waals surface area contributed by atoms with E-state index in [0.717, 1.165) is 12.1 Å². The summed E-state index contributed by atoms with van der Waals surface area (Å²) < 4.78 is 2.23. The number of anilines is 2. The maximum Gasteiger partial charge on any atom is 0.173 e. The molecule has 0 aliphatic carbocycles. The summed E-state index contributed by atoms with van der Waals surface area (Å²) in [5, 5.41) is 0. The Labute approximate surface area is 268 Å². The molecule has 0 amide bonds. The number of fused-ring (bicyclic) bond motifs is 2. The number of halogens is 1. The van der Waals surface area contributed by atoms with Crippen LogP contribution in [0.15, 0.2) is 127 Å². The summed E-state index contributed by atoms with van der Waals surface area (Å²) in [6.07, 6.45) is 13.7. The molecule has 4 aromatic rings. The molecule has 0 saturated heterocycles. The number of allylic oxidation sites excluding steroid dienone is 5. The second kappa shape index (κ2) is 11.8. The minimum Gasteiger partial charge on any atom is -0.367 e. The van der Waals surface area contributed by atoms with Crippen LogP contribution in [0, 0.1) is 0 Å². The fraction of sp³-hybridized carbons (Fsp3) is 0.275. The van der Waals surface area contributed by atoms with Gasteiger partial charge in [-0.25, -0.2) is 4.57 Å². The highest BCUT2D eigenvalue weighted by Gasteiger charge is 2.41. The number of alkyl halides is 1. The normalized spacial score (nSPS) is 19.6. The number of likely N-dealkylation sites (N-methyl/N-ethyl adjacent to an activating group) is 2. The molecule has 44 heavy (non-hydrogen) atoms. The molecule has 4 heteroatoms. The first-order valence-corrected chi connectivity index (χ1v) is 16.0. The number of hydrogen-bond acceptors (Lipinski definition) is 2. The first-order chi connectivity index (χ1) is 21.1. The van der Waals surface area contributed by atoms with Crippen molar-refractivity contribution in [2.75, 3.05) is 23.9 Å². The van der Waals surface area contributed by atoms with Crippen molar-refractivity contribution in [3.05, 3.63) is 155 Å². The lowest BCUT2D eigenvalue weighted by Crippen LogP contribution is -2.37. The van der Waals surface area contributed by atoms with Crippen LogP contribution in [0.25, 0.3) is 5.57 Å². The number of hydrogen-bond donors (Lipinski definition) is 0. The third-order valence-electron chi connectivity index (χ3n) is 9.72. The van der Waals surface area contributed by atoms with E-state index < -0.39 is 0 Å². The predicted octanol–water partition coefficient (Wildman–Crippen LogP) is 8.81. The number of benzene rings is 3. The summed E-state index contributed by atoms with van der Waals surface area (Å²) in [5.41, 5.74) is 11.4. The summed E-state index contributed by atoms with van der Waals surface area (Å²) in [6.45, 7) is 10.2. The van der Waals surface area contributed by atoms with Crippen LogP contribution >= 0.6 is 11.6 Å². The van der Waals surface area contributed by atoms with Crippen molar-refractivity contribution in [2.45, 2.75) is 57.0 Å². The minimum absolute atomic E-state index is 0.000551. The Balaban J connectivity index is 1.35. The molecule has 0 radical (unpaired) electrons. The first-order valence-electron chi connectivity index (χ1n) is 15.5. The van der Waals surface area contributed by atoms with E-state index in [4.69, 9.17) is 11.6 Å². The van der Waals surface area contributed by atoms with Gasteiger partial charge in [0, 0.05) is 65.6 Å². The van der Waals surface area contributed by atoms with Crippen molar-refractivity contribution in [1.82, 2.24) is 0 Å². The van der Waals surface area contributed by atoms with E-state index in [1.54, 1.807) is 0 Å². The molecule has 3 heterocycles. The molecular weight excluding hydrogens is 558 g/mol. The van der Waals surface area contributed by atoms with Crippen molar-refractivity contribution >= 4 is 28.5 Å². The van der Waals surface area contributed by atoms with Gasteiger partial charge in [-0.1, -0.05) is 107 Å². The van der Waals surface area contributed by atoms with Crippen LogP contribution in [-0.4, -0.2) is 20.1 Å². The van der Waals surface area contributed by atoms with Crippen LogP contribution in [0.5, 0.6) is 0 Å². The maximum absolute atomic E-state index is 5.99. The Morgan fingerprint density at radius 1 is 0.795 bits per heavy atom. The van der Waals surface area contributed by atoms with Gasteiger partial charge in [-0.2, -0.15) is 0 Å². The molecule has 2 aliphatic heterocycles. The SMILES string of the molecule is CN1/C(=C/C=C(/C=C/C2N(C)c3ccccc3C2(C)C)c2cc[n+](Cc3ccc(CCl)cc3)cc2)C(C)(C)c2ccccc21. The summed E-state index contributed by atoms with van der Waals surface area (Å²) in [5.74, 6) is 0.542. The Bertz CT molecular complexity index is 1740. The highest BCUT2D eigenvalue weighted by atomic mass is 35.5. The number of nitrogens with zero attached hydrogens (tertiary/aromatic N) is 3. The van der Waals surface area contributed by atoms with Gasteiger partial charge in [0.05, 0.1) is 6.04 Å². The third-order valence-corrected chi connectivity index (χ3v) is 10.0. The minimum atomic E-state index is -0.0787. The molecule has 3 aromatic carbocycles. The highest BCUT2D eigenvalue weighted by molar-refractivity contribution is 6.17. The van der Waals surface area contributed by atoms with E-state index in [1.165, 1.54) is 44.9 Å². The summed E-state index contributed by atoms with van der Waals surface area (Å²) in [7, 11) is 4.40. The maximum atomic E-state index is 5.99. The lowest BCUT2D eigenvalue weighted by molar-refractivity contribution is -0.688. The lowest BCUT2D eigenvalue weighted by Gasteiger charge is -2.29. The molecule has 1 unspecified atom stereocenters. The molecule has 1 aromatic heterocycles. The van der Waals surface area contributed by atoms with Crippen molar-refractivity contribution in [1.29, 1.82) is 0 Å². The molecule has 0 spiro atoms. The van der Waals surface area contributed by atoms with Crippen molar-refractivity contribution in [3.8, 4) is 0 Å². The molecule has 0 saturated carbocycles. The number of pyridine rings is 1. The van der Waals surface area contributed by atoms with Gasteiger partial charge in [0.15, 0.2) is 18.9 Å². The average Bonchev–Trinajstić information content (AvgIpc) is 3.35. The van der Waals surface area contributed by atoms with Gasteiger partial charge in [0.25, 0.3) is 0 Å². The van der Waals surface area contributed by atoms with E-state index in [0.29, 0.717) is 5.88 Å². The fourth-order valence-electron chi connectivity index (χ4n) is 7.10. The fourth-order valence-corrected chi connectivity index (χ4v) is 7.28. The van der Waals surface area contributed by atoms with Gasteiger partial charge in [0.2, 0.25) is 0 Å². The Morgan fingerprint density at radius 3 is 2.05 bits per heavy atom. The van der Waals surface area contributed by atoms with Crippen LogP contribution in [0.2, 0.25) is 0 Å². The quantitative estimate of drug-likeness (QED) is 0.119.